The molecule has 0 atom stereocenters. The Morgan fingerprint density at radius 3 is 2.07 bits per heavy atom. The van der Waals surface area contributed by atoms with Crippen LogP contribution in [0.5, 0.6) is 0 Å². The Balaban J connectivity index is 2.71. The van der Waals surface area contributed by atoms with E-state index in [1.54, 1.807) is 27.7 Å². The van der Waals surface area contributed by atoms with Crippen LogP contribution in [0.15, 0.2) is 27.2 Å². The molecule has 0 radical (unpaired) electrons. The third-order valence-electron chi connectivity index (χ3n) is 4.23. The van der Waals surface area contributed by atoms with E-state index >= 15 is 0 Å². The highest BCUT2D eigenvalue weighted by Gasteiger charge is 2.44. The Morgan fingerprint density at radius 2 is 1.63 bits per heavy atom. The number of aryl methyl sites for hydroxylation is 1. The highest BCUT2D eigenvalue weighted by Crippen LogP contribution is 2.39. The van der Waals surface area contributed by atoms with Gasteiger partial charge in [0.05, 0.1) is 30.3 Å². The number of dihydropyridines is 1. The van der Waals surface area contributed by atoms with Crippen LogP contribution in [-0.4, -0.2) is 30.3 Å². The van der Waals surface area contributed by atoms with Gasteiger partial charge < -0.3 is 20.0 Å². The number of ether oxygens (including phenoxy) is 2. The van der Waals surface area contributed by atoms with E-state index in [1.807, 2.05) is 6.92 Å². The number of aromatic nitrogens is 2. The topological polar surface area (TPSA) is 118 Å². The fraction of sp³-hybridized carbons (Fsp3) is 0.556. The zero-order valence-electron chi connectivity index (χ0n) is 16.2. The minimum atomic E-state index is -0.991. The normalized spacial score (nSPS) is 15.0. The minimum absolute atomic E-state index is 0.100. The zero-order chi connectivity index (χ0) is 20.1. The van der Waals surface area contributed by atoms with Gasteiger partial charge in [0.2, 0.25) is 11.4 Å². The predicted molar refractivity (Wildman–Crippen MR) is 94.0 cm³/mol. The van der Waals surface area contributed by atoms with Crippen molar-refractivity contribution in [3.05, 3.63) is 39.1 Å². The lowest BCUT2D eigenvalue weighted by Gasteiger charge is -2.28. The standard InChI is InChI=1S/C18H25N3O6/c1-6-9-12-16(21(24)27-20-12)15-13(17(22)25-7-2)10(4)19-11(5)14(15)18(23)26-8-3/h15,19H,6-9H2,1-5H3. The summed E-state index contributed by atoms with van der Waals surface area (Å²) >= 11 is 0. The van der Waals surface area contributed by atoms with E-state index < -0.39 is 17.9 Å². The summed E-state index contributed by atoms with van der Waals surface area (Å²) < 4.78 is 15.1. The van der Waals surface area contributed by atoms with Crippen LogP contribution in [-0.2, 0) is 25.5 Å². The average molecular weight is 379 g/mol. The molecule has 9 heteroatoms. The van der Waals surface area contributed by atoms with Crippen LogP contribution in [0.1, 0.15) is 58.3 Å². The zero-order valence-corrected chi connectivity index (χ0v) is 16.2. The van der Waals surface area contributed by atoms with Gasteiger partial charge in [0.1, 0.15) is 0 Å². The molecule has 1 aliphatic heterocycles. The predicted octanol–water partition coefficient (Wildman–Crippen LogP) is 1.62. The molecule has 1 aliphatic rings. The molecule has 0 aromatic carbocycles. The number of nitrogens with zero attached hydrogens (tertiary/aromatic N) is 2. The second-order valence-electron chi connectivity index (χ2n) is 6.09. The fourth-order valence-electron chi connectivity index (χ4n) is 3.19. The van der Waals surface area contributed by atoms with Gasteiger partial charge in [-0.05, 0) is 39.0 Å². The summed E-state index contributed by atoms with van der Waals surface area (Å²) in [5.74, 6) is -2.23. The van der Waals surface area contributed by atoms with E-state index in [2.05, 4.69) is 10.5 Å². The first-order chi connectivity index (χ1) is 12.9. The van der Waals surface area contributed by atoms with Crippen LogP contribution in [0.25, 0.3) is 0 Å². The van der Waals surface area contributed by atoms with Crippen molar-refractivity contribution >= 4 is 11.9 Å². The van der Waals surface area contributed by atoms with Crippen molar-refractivity contribution in [2.75, 3.05) is 13.2 Å². The Kier molecular flexibility index (Phi) is 6.59. The molecule has 1 N–H and O–H groups in total. The first-order valence-electron chi connectivity index (χ1n) is 8.98. The lowest BCUT2D eigenvalue weighted by atomic mass is 9.82. The van der Waals surface area contributed by atoms with Gasteiger partial charge in [-0.3, -0.25) is 4.63 Å². The van der Waals surface area contributed by atoms with Crippen molar-refractivity contribution in [3.63, 3.8) is 0 Å². The third kappa shape index (κ3) is 3.96. The molecule has 1 aromatic heterocycles. The van der Waals surface area contributed by atoms with E-state index in [1.165, 1.54) is 0 Å². The maximum Gasteiger partial charge on any atom is 0.336 e. The molecule has 148 valence electrons. The van der Waals surface area contributed by atoms with Crippen molar-refractivity contribution in [1.82, 2.24) is 10.5 Å². The average Bonchev–Trinajstić information content (AvgIpc) is 2.95. The number of hydrogen-bond donors (Lipinski definition) is 1. The van der Waals surface area contributed by atoms with E-state index in [0.29, 0.717) is 29.9 Å². The molecule has 2 rings (SSSR count). The van der Waals surface area contributed by atoms with E-state index in [4.69, 9.17) is 14.1 Å². The molecule has 9 nitrogen and oxygen atoms in total. The first-order valence-corrected chi connectivity index (χ1v) is 8.98. The summed E-state index contributed by atoms with van der Waals surface area (Å²) in [6, 6.07) is 0. The van der Waals surface area contributed by atoms with Crippen molar-refractivity contribution in [1.29, 1.82) is 0 Å². The molecule has 0 bridgehead atoms. The van der Waals surface area contributed by atoms with Crippen LogP contribution in [0.2, 0.25) is 0 Å². The van der Waals surface area contributed by atoms with Gasteiger partial charge in [0.15, 0.2) is 0 Å². The minimum Gasteiger partial charge on any atom is -0.463 e. The second-order valence-corrected chi connectivity index (χ2v) is 6.09. The van der Waals surface area contributed by atoms with E-state index in [-0.39, 0.29) is 35.0 Å². The molecule has 0 saturated carbocycles. The summed E-state index contributed by atoms with van der Waals surface area (Å²) in [5.41, 5.74) is 1.80. The van der Waals surface area contributed by atoms with Gasteiger partial charge in [0.25, 0.3) is 0 Å². The van der Waals surface area contributed by atoms with Gasteiger partial charge in [-0.25, -0.2) is 9.59 Å². The van der Waals surface area contributed by atoms with Crippen LogP contribution >= 0.6 is 0 Å². The van der Waals surface area contributed by atoms with Crippen molar-refractivity contribution in [3.8, 4) is 0 Å². The molecule has 0 amide bonds. The molecule has 2 heterocycles. The maximum atomic E-state index is 12.7. The SMILES string of the molecule is CCCc1no[n+]([O-])c1C1C(C(=O)OCC)=C(C)NC(C)=C1C(=O)OCC. The van der Waals surface area contributed by atoms with Crippen molar-refractivity contribution in [2.24, 2.45) is 0 Å². The van der Waals surface area contributed by atoms with Gasteiger partial charge in [-0.15, -0.1) is 0 Å². The fourth-order valence-corrected chi connectivity index (χ4v) is 3.19. The number of nitrogens with one attached hydrogen (secondary N) is 1. The lowest BCUT2D eigenvalue weighted by Crippen LogP contribution is -2.39. The molecular weight excluding hydrogens is 354 g/mol. The Labute approximate surface area is 157 Å². The molecule has 0 fully saturated rings. The van der Waals surface area contributed by atoms with Crippen LogP contribution < -0.4 is 10.2 Å². The number of hydrogen-bond acceptors (Lipinski definition) is 8. The monoisotopic (exact) mass is 379 g/mol. The molecule has 0 spiro atoms. The first kappa shape index (κ1) is 20.5. The third-order valence-corrected chi connectivity index (χ3v) is 4.23. The number of carbonyl (C=O) groups is 2. The highest BCUT2D eigenvalue weighted by molar-refractivity contribution is 5.99. The smallest absolute Gasteiger partial charge is 0.336 e. The number of rotatable bonds is 7. The largest absolute Gasteiger partial charge is 0.463 e. The molecule has 1 aromatic rings. The van der Waals surface area contributed by atoms with Crippen molar-refractivity contribution < 1.29 is 28.6 Å². The molecular formula is C18H25N3O6. The maximum absolute atomic E-state index is 12.7. The summed E-state index contributed by atoms with van der Waals surface area (Å²) in [7, 11) is 0. The molecule has 27 heavy (non-hydrogen) atoms. The number of esters is 2. The lowest BCUT2D eigenvalue weighted by molar-refractivity contribution is -0.808. The van der Waals surface area contributed by atoms with Crippen LogP contribution in [0.4, 0.5) is 0 Å². The Morgan fingerprint density at radius 1 is 1.11 bits per heavy atom. The van der Waals surface area contributed by atoms with Crippen LogP contribution in [0.3, 0.4) is 0 Å². The van der Waals surface area contributed by atoms with Gasteiger partial charge in [0, 0.05) is 23.0 Å². The van der Waals surface area contributed by atoms with E-state index in [0.717, 1.165) is 0 Å². The van der Waals surface area contributed by atoms with E-state index in [9.17, 15) is 14.8 Å². The van der Waals surface area contributed by atoms with Crippen LogP contribution in [0, 0.1) is 5.21 Å². The molecule has 0 aliphatic carbocycles. The molecule has 0 saturated heterocycles. The summed E-state index contributed by atoms with van der Waals surface area (Å²) in [6.07, 6.45) is 1.17. The Bertz CT molecular complexity index is 753. The summed E-state index contributed by atoms with van der Waals surface area (Å²) in [5, 5.41) is 19.2. The van der Waals surface area contributed by atoms with Crippen molar-refractivity contribution in [2.45, 2.75) is 53.4 Å². The number of carbonyl (C=O) groups excluding carboxylic acids is 2. The number of allylic oxidation sites excluding steroid dienone is 2. The summed E-state index contributed by atoms with van der Waals surface area (Å²) in [4.78, 5) is 25.6. The quantitative estimate of drug-likeness (QED) is 0.561. The second kappa shape index (κ2) is 8.70. The molecule has 0 unspecified atom stereocenters. The van der Waals surface area contributed by atoms with Gasteiger partial charge in [-0.1, -0.05) is 6.92 Å². The van der Waals surface area contributed by atoms with Gasteiger partial charge in [-0.2, -0.15) is 0 Å². The Hall–Kier alpha value is -2.84. The highest BCUT2D eigenvalue weighted by atomic mass is 16.8. The van der Waals surface area contributed by atoms with Gasteiger partial charge >= 0.3 is 11.9 Å². The summed E-state index contributed by atoms with van der Waals surface area (Å²) in [6.45, 7) is 8.98.